The van der Waals surface area contributed by atoms with Crippen molar-refractivity contribution < 1.29 is 14.7 Å². The van der Waals surface area contributed by atoms with E-state index in [0.717, 1.165) is 29.8 Å². The zero-order chi connectivity index (χ0) is 25.3. The van der Waals surface area contributed by atoms with Crippen LogP contribution < -0.4 is 5.32 Å². The highest BCUT2D eigenvalue weighted by molar-refractivity contribution is 7.15. The average Bonchev–Trinajstić information content (AvgIpc) is 3.24. The first-order chi connectivity index (χ1) is 16.7. The molecular weight excluding hydrogens is 462 g/mol. The number of carbonyl (C=O) groups excluding carboxylic acids is 2. The van der Waals surface area contributed by atoms with Crippen LogP contribution in [-0.2, 0) is 11.2 Å². The Bertz CT molecular complexity index is 1130. The smallest absolute Gasteiger partial charge is 0.257 e. The van der Waals surface area contributed by atoms with Crippen molar-refractivity contribution in [3.05, 3.63) is 40.7 Å². The number of nitrogens with zero attached hydrogens (tertiary/aromatic N) is 4. The summed E-state index contributed by atoms with van der Waals surface area (Å²) in [5, 5.41) is 23.9. The fourth-order valence-electron chi connectivity index (χ4n) is 6.13. The largest absolute Gasteiger partial charge is 0.392 e. The van der Waals surface area contributed by atoms with E-state index >= 15 is 0 Å². The third kappa shape index (κ3) is 4.82. The molecule has 1 saturated carbocycles. The lowest BCUT2D eigenvalue weighted by atomic mass is 9.53. The molecule has 2 aromatic heterocycles. The first-order valence-corrected chi connectivity index (χ1v) is 13.0. The maximum absolute atomic E-state index is 13.0. The summed E-state index contributed by atoms with van der Waals surface area (Å²) in [4.78, 5) is 37.1. The zero-order valence-electron chi connectivity index (χ0n) is 20.7. The number of nitriles is 1. The molecule has 0 radical (unpaired) electrons. The van der Waals surface area contributed by atoms with Crippen LogP contribution in [-0.4, -0.2) is 51.5 Å². The Labute approximate surface area is 210 Å². The monoisotopic (exact) mass is 495 g/mol. The number of aliphatic hydroxyl groups is 1. The molecule has 0 aromatic carbocycles. The van der Waals surface area contributed by atoms with Crippen LogP contribution >= 0.6 is 11.3 Å². The van der Waals surface area contributed by atoms with E-state index in [1.165, 1.54) is 11.3 Å². The molecule has 0 aliphatic heterocycles. The van der Waals surface area contributed by atoms with Gasteiger partial charge in [-0.2, -0.15) is 5.26 Å². The maximum atomic E-state index is 13.0. The molecule has 0 bridgehead atoms. The fourth-order valence-corrected chi connectivity index (χ4v) is 7.39. The second kappa shape index (κ2) is 10.0. The van der Waals surface area contributed by atoms with E-state index in [2.05, 4.69) is 30.2 Å². The molecule has 2 heterocycles. The van der Waals surface area contributed by atoms with Crippen LogP contribution in [0.25, 0.3) is 0 Å². The summed E-state index contributed by atoms with van der Waals surface area (Å²) in [6, 6.07) is 5.41. The number of rotatable bonds is 6. The molecule has 35 heavy (non-hydrogen) atoms. The molecule has 4 rings (SSSR count). The van der Waals surface area contributed by atoms with Crippen LogP contribution in [0, 0.1) is 34.5 Å². The minimum absolute atomic E-state index is 0.00278. The van der Waals surface area contributed by atoms with E-state index in [1.54, 1.807) is 36.5 Å². The van der Waals surface area contributed by atoms with Gasteiger partial charge in [0.05, 0.1) is 24.3 Å². The van der Waals surface area contributed by atoms with Crippen molar-refractivity contribution in [1.82, 2.24) is 14.9 Å². The Morgan fingerprint density at radius 1 is 1.40 bits per heavy atom. The van der Waals surface area contributed by atoms with Gasteiger partial charge in [-0.25, -0.2) is 4.98 Å². The van der Waals surface area contributed by atoms with Crippen molar-refractivity contribution in [2.75, 3.05) is 18.9 Å². The lowest BCUT2D eigenvalue weighted by Crippen LogP contribution is -2.53. The standard InChI is InChI=1S/C26H33N5O3S/c1-15(24(34)31(4)13-5-10-27)18-6-9-26(3)14-19-21(16(2)20(26)22(18)32)29-25(35-19)30-23(33)17-7-11-28-12-8-17/h7-8,11-12,15-16,18,20,22,32H,5-6,9,13-14H2,1-4H3,(H,29,30,33)/t15-,16-,18+,20+,22-,26+/m0/s1. The quantitative estimate of drug-likeness (QED) is 0.628. The van der Waals surface area contributed by atoms with Crippen LogP contribution in [0.2, 0.25) is 0 Å². The number of hydrogen-bond acceptors (Lipinski definition) is 7. The summed E-state index contributed by atoms with van der Waals surface area (Å²) in [6.45, 7) is 6.63. The van der Waals surface area contributed by atoms with Gasteiger partial charge < -0.3 is 10.0 Å². The maximum Gasteiger partial charge on any atom is 0.257 e. The van der Waals surface area contributed by atoms with E-state index in [9.17, 15) is 14.7 Å². The average molecular weight is 496 g/mol. The molecular formula is C26H33N5O3S. The summed E-state index contributed by atoms with van der Waals surface area (Å²) in [5.41, 5.74) is 1.36. The van der Waals surface area contributed by atoms with Gasteiger partial charge >= 0.3 is 0 Å². The fraction of sp³-hybridized carbons (Fsp3) is 0.577. The minimum Gasteiger partial charge on any atom is -0.392 e. The molecule has 9 heteroatoms. The molecule has 2 aromatic rings. The van der Waals surface area contributed by atoms with E-state index in [4.69, 9.17) is 10.2 Å². The Morgan fingerprint density at radius 3 is 2.80 bits per heavy atom. The number of amides is 2. The van der Waals surface area contributed by atoms with Gasteiger partial charge in [0.2, 0.25) is 5.91 Å². The SMILES string of the molecule is C[C@H](C(=O)N(C)CCC#N)[C@H]1CC[C@]2(C)Cc3sc(NC(=O)c4ccncc4)nc3[C@@H](C)[C@@H]2[C@H]1O. The zero-order valence-corrected chi connectivity index (χ0v) is 21.5. The van der Waals surface area contributed by atoms with Crippen LogP contribution in [0.1, 0.15) is 66.9 Å². The number of carbonyl (C=O) groups is 2. The Morgan fingerprint density at radius 2 is 2.11 bits per heavy atom. The van der Waals surface area contributed by atoms with Gasteiger partial charge in [0.25, 0.3) is 5.91 Å². The Hall–Kier alpha value is -2.83. The lowest BCUT2D eigenvalue weighted by molar-refractivity contribution is -0.143. The Kier molecular flexibility index (Phi) is 7.25. The van der Waals surface area contributed by atoms with Crippen molar-refractivity contribution in [1.29, 1.82) is 5.26 Å². The third-order valence-corrected chi connectivity index (χ3v) is 9.04. The normalized spacial score (nSPS) is 28.2. The van der Waals surface area contributed by atoms with Gasteiger partial charge in [0.1, 0.15) is 0 Å². The highest BCUT2D eigenvalue weighted by Gasteiger charge is 2.54. The number of nitrogens with one attached hydrogen (secondary N) is 1. The second-order valence-corrected chi connectivity index (χ2v) is 11.4. The van der Waals surface area contributed by atoms with Gasteiger partial charge in [-0.3, -0.25) is 19.9 Å². The first kappa shape index (κ1) is 25.3. The van der Waals surface area contributed by atoms with Crippen molar-refractivity contribution in [2.24, 2.45) is 23.2 Å². The topological polar surface area (TPSA) is 119 Å². The number of hydrogen-bond donors (Lipinski definition) is 2. The number of anilines is 1. The van der Waals surface area contributed by atoms with Gasteiger partial charge in [0, 0.05) is 48.3 Å². The van der Waals surface area contributed by atoms with Crippen molar-refractivity contribution in [3.8, 4) is 6.07 Å². The number of aromatic nitrogens is 2. The molecule has 1 fully saturated rings. The van der Waals surface area contributed by atoms with E-state index in [-0.39, 0.29) is 40.9 Å². The summed E-state index contributed by atoms with van der Waals surface area (Å²) >= 11 is 1.51. The summed E-state index contributed by atoms with van der Waals surface area (Å²) in [5.74, 6) is -0.729. The van der Waals surface area contributed by atoms with E-state index < -0.39 is 6.10 Å². The predicted molar refractivity (Wildman–Crippen MR) is 134 cm³/mol. The number of fused-ring (bicyclic) bond motifs is 2. The van der Waals surface area contributed by atoms with Crippen molar-refractivity contribution in [2.45, 2.75) is 58.5 Å². The van der Waals surface area contributed by atoms with Gasteiger partial charge in [-0.1, -0.05) is 20.8 Å². The summed E-state index contributed by atoms with van der Waals surface area (Å²) in [7, 11) is 1.72. The minimum atomic E-state index is -0.628. The van der Waals surface area contributed by atoms with E-state index in [0.29, 0.717) is 23.7 Å². The molecule has 2 aliphatic carbocycles. The number of pyridine rings is 1. The molecule has 6 atom stereocenters. The van der Waals surface area contributed by atoms with Crippen molar-refractivity contribution >= 4 is 28.3 Å². The third-order valence-electron chi connectivity index (χ3n) is 8.05. The van der Waals surface area contributed by atoms with Gasteiger partial charge in [0.15, 0.2) is 5.13 Å². The number of thiazole rings is 1. The van der Waals surface area contributed by atoms with Crippen molar-refractivity contribution in [3.63, 3.8) is 0 Å². The predicted octanol–water partition coefficient (Wildman–Crippen LogP) is 3.85. The lowest BCUT2D eigenvalue weighted by Gasteiger charge is -2.53. The molecule has 186 valence electrons. The van der Waals surface area contributed by atoms with Gasteiger partial charge in [-0.05, 0) is 48.6 Å². The van der Waals surface area contributed by atoms with E-state index in [1.807, 2.05) is 6.92 Å². The summed E-state index contributed by atoms with van der Waals surface area (Å²) in [6.07, 6.45) is 5.33. The molecule has 2 N–H and O–H groups in total. The summed E-state index contributed by atoms with van der Waals surface area (Å²) < 4.78 is 0. The van der Waals surface area contributed by atoms with Crippen LogP contribution in [0.3, 0.4) is 0 Å². The van der Waals surface area contributed by atoms with Crippen LogP contribution in [0.15, 0.2) is 24.5 Å². The van der Waals surface area contributed by atoms with Gasteiger partial charge in [-0.15, -0.1) is 11.3 Å². The first-order valence-electron chi connectivity index (χ1n) is 12.2. The molecule has 8 nitrogen and oxygen atoms in total. The second-order valence-electron chi connectivity index (χ2n) is 10.3. The highest BCUT2D eigenvalue weighted by atomic mass is 32.1. The highest BCUT2D eigenvalue weighted by Crippen LogP contribution is 2.57. The molecule has 0 spiro atoms. The van der Waals surface area contributed by atoms with Crippen LogP contribution in [0.4, 0.5) is 5.13 Å². The number of aliphatic hydroxyl groups excluding tert-OH is 1. The van der Waals surface area contributed by atoms with Crippen LogP contribution in [0.5, 0.6) is 0 Å². The molecule has 2 aliphatic rings. The Balaban J connectivity index is 1.52. The molecule has 0 saturated heterocycles. The molecule has 0 unspecified atom stereocenters. The molecule has 2 amide bonds.